The molecule has 0 aliphatic rings. The number of aromatic nitrogens is 1. The lowest BCUT2D eigenvalue weighted by Gasteiger charge is -2.12. The molecule has 0 aliphatic heterocycles. The zero-order chi connectivity index (χ0) is 16.5. The molecule has 0 fully saturated rings. The van der Waals surface area contributed by atoms with Gasteiger partial charge in [-0.3, -0.25) is 14.6 Å². The van der Waals surface area contributed by atoms with E-state index in [4.69, 9.17) is 4.74 Å². The van der Waals surface area contributed by atoms with E-state index < -0.39 is 0 Å². The molecule has 6 heteroatoms. The topological polar surface area (TPSA) is 80.3 Å². The maximum absolute atomic E-state index is 12.2. The van der Waals surface area contributed by atoms with Gasteiger partial charge in [0.25, 0.3) is 5.91 Å². The molecule has 0 atom stereocenters. The van der Waals surface area contributed by atoms with Gasteiger partial charge in [-0.05, 0) is 23.8 Å². The predicted molar refractivity (Wildman–Crippen MR) is 87.0 cm³/mol. The van der Waals surface area contributed by atoms with Gasteiger partial charge in [0.05, 0.1) is 12.2 Å². The fourth-order valence-electron chi connectivity index (χ4n) is 1.96. The van der Waals surface area contributed by atoms with E-state index in [1.807, 2.05) is 18.2 Å². The summed E-state index contributed by atoms with van der Waals surface area (Å²) in [4.78, 5) is 27.8. The standard InChI is InChI=1S/C17H19N3O3/c1-23-10-8-16(21)19-12-13-5-2-3-7-15(13)20-17(22)14-6-4-9-18-11-14/h2-7,9,11H,8,10,12H2,1H3,(H,19,21)(H,20,22). The van der Waals surface area contributed by atoms with Crippen LogP contribution in [0.3, 0.4) is 0 Å². The Labute approximate surface area is 134 Å². The van der Waals surface area contributed by atoms with E-state index in [0.717, 1.165) is 5.56 Å². The van der Waals surface area contributed by atoms with Crippen LogP contribution in [0.4, 0.5) is 5.69 Å². The molecule has 6 nitrogen and oxygen atoms in total. The van der Waals surface area contributed by atoms with Gasteiger partial charge in [0.1, 0.15) is 0 Å². The normalized spacial score (nSPS) is 10.1. The highest BCUT2D eigenvalue weighted by Crippen LogP contribution is 2.16. The lowest BCUT2D eigenvalue weighted by Crippen LogP contribution is -2.24. The summed E-state index contributed by atoms with van der Waals surface area (Å²) >= 11 is 0. The number of benzene rings is 1. The molecule has 0 unspecified atom stereocenters. The predicted octanol–water partition coefficient (Wildman–Crippen LogP) is 1.99. The van der Waals surface area contributed by atoms with Gasteiger partial charge in [0.2, 0.25) is 5.91 Å². The van der Waals surface area contributed by atoms with E-state index in [2.05, 4.69) is 15.6 Å². The highest BCUT2D eigenvalue weighted by atomic mass is 16.5. The molecule has 2 aromatic rings. The molecule has 2 N–H and O–H groups in total. The molecular formula is C17H19N3O3. The van der Waals surface area contributed by atoms with Crippen molar-refractivity contribution in [1.82, 2.24) is 10.3 Å². The maximum Gasteiger partial charge on any atom is 0.257 e. The van der Waals surface area contributed by atoms with Crippen LogP contribution in [0.25, 0.3) is 0 Å². The number of methoxy groups -OCH3 is 1. The van der Waals surface area contributed by atoms with Crippen LogP contribution in [0.2, 0.25) is 0 Å². The zero-order valence-corrected chi connectivity index (χ0v) is 12.9. The number of hydrogen-bond acceptors (Lipinski definition) is 4. The first-order chi connectivity index (χ1) is 11.2. The first-order valence-electron chi connectivity index (χ1n) is 7.25. The summed E-state index contributed by atoms with van der Waals surface area (Å²) in [6.07, 6.45) is 3.42. The largest absolute Gasteiger partial charge is 0.384 e. The average Bonchev–Trinajstić information content (AvgIpc) is 2.60. The molecule has 0 aliphatic carbocycles. The third-order valence-corrected chi connectivity index (χ3v) is 3.20. The van der Waals surface area contributed by atoms with E-state index in [0.29, 0.717) is 30.8 Å². The van der Waals surface area contributed by atoms with Crippen molar-refractivity contribution in [3.8, 4) is 0 Å². The van der Waals surface area contributed by atoms with Crippen molar-refractivity contribution >= 4 is 17.5 Å². The van der Waals surface area contributed by atoms with Crippen LogP contribution in [0.5, 0.6) is 0 Å². The van der Waals surface area contributed by atoms with Gasteiger partial charge in [-0.15, -0.1) is 0 Å². The summed E-state index contributed by atoms with van der Waals surface area (Å²) in [7, 11) is 1.55. The third-order valence-electron chi connectivity index (χ3n) is 3.20. The number of carbonyl (C=O) groups is 2. The molecule has 2 amide bonds. The third kappa shape index (κ3) is 5.19. The van der Waals surface area contributed by atoms with Crippen LogP contribution in [0.1, 0.15) is 22.3 Å². The first kappa shape index (κ1) is 16.6. The molecule has 23 heavy (non-hydrogen) atoms. The minimum atomic E-state index is -0.240. The molecule has 0 saturated heterocycles. The van der Waals surface area contributed by atoms with Gasteiger partial charge in [0.15, 0.2) is 0 Å². The van der Waals surface area contributed by atoms with E-state index in [9.17, 15) is 9.59 Å². The van der Waals surface area contributed by atoms with Crippen LogP contribution in [0, 0.1) is 0 Å². The van der Waals surface area contributed by atoms with Crippen molar-refractivity contribution in [3.05, 3.63) is 59.9 Å². The molecule has 0 bridgehead atoms. The van der Waals surface area contributed by atoms with Crippen molar-refractivity contribution in [2.45, 2.75) is 13.0 Å². The van der Waals surface area contributed by atoms with E-state index >= 15 is 0 Å². The second-order valence-electron chi connectivity index (χ2n) is 4.87. The van der Waals surface area contributed by atoms with Crippen LogP contribution in [-0.4, -0.2) is 30.5 Å². The Morgan fingerprint density at radius 1 is 1.17 bits per heavy atom. The Balaban J connectivity index is 2.00. The molecule has 1 aromatic carbocycles. The minimum absolute atomic E-state index is 0.0970. The highest BCUT2D eigenvalue weighted by Gasteiger charge is 2.09. The second-order valence-corrected chi connectivity index (χ2v) is 4.87. The summed E-state index contributed by atoms with van der Waals surface area (Å²) in [6.45, 7) is 0.720. The zero-order valence-electron chi connectivity index (χ0n) is 12.9. The van der Waals surface area contributed by atoms with Gasteiger partial charge in [-0.2, -0.15) is 0 Å². The Bertz CT molecular complexity index is 659. The van der Waals surface area contributed by atoms with Gasteiger partial charge in [-0.25, -0.2) is 0 Å². The summed E-state index contributed by atoms with van der Waals surface area (Å²) < 4.78 is 4.87. The van der Waals surface area contributed by atoms with Gasteiger partial charge in [0, 0.05) is 38.2 Å². The van der Waals surface area contributed by atoms with Crippen molar-refractivity contribution in [3.63, 3.8) is 0 Å². The molecule has 120 valence electrons. The van der Waals surface area contributed by atoms with E-state index in [-0.39, 0.29) is 11.8 Å². The average molecular weight is 313 g/mol. The molecule has 1 aromatic heterocycles. The smallest absolute Gasteiger partial charge is 0.257 e. The Hall–Kier alpha value is -2.73. The number of amides is 2. The summed E-state index contributed by atoms with van der Waals surface area (Å²) in [6, 6.07) is 10.7. The Morgan fingerprint density at radius 2 is 2.00 bits per heavy atom. The number of ether oxygens (including phenoxy) is 1. The van der Waals surface area contributed by atoms with E-state index in [1.165, 1.54) is 6.20 Å². The fourth-order valence-corrected chi connectivity index (χ4v) is 1.96. The molecular weight excluding hydrogens is 294 g/mol. The van der Waals surface area contributed by atoms with E-state index in [1.54, 1.807) is 31.5 Å². The Morgan fingerprint density at radius 3 is 2.74 bits per heavy atom. The molecule has 0 spiro atoms. The number of nitrogens with one attached hydrogen (secondary N) is 2. The van der Waals surface area contributed by atoms with Crippen molar-refractivity contribution in [1.29, 1.82) is 0 Å². The molecule has 0 radical (unpaired) electrons. The number of hydrogen-bond donors (Lipinski definition) is 2. The lowest BCUT2D eigenvalue weighted by atomic mass is 10.1. The molecule has 1 heterocycles. The number of rotatable bonds is 7. The van der Waals surface area contributed by atoms with Crippen molar-refractivity contribution in [2.24, 2.45) is 0 Å². The second kappa shape index (κ2) is 8.65. The van der Waals surface area contributed by atoms with Crippen LogP contribution in [0.15, 0.2) is 48.8 Å². The molecule has 2 rings (SSSR count). The first-order valence-corrected chi connectivity index (χ1v) is 7.25. The van der Waals surface area contributed by atoms with Crippen molar-refractivity contribution in [2.75, 3.05) is 19.0 Å². The number of carbonyl (C=O) groups excluding carboxylic acids is 2. The van der Waals surface area contributed by atoms with Gasteiger partial charge in [-0.1, -0.05) is 18.2 Å². The molecule has 0 saturated carbocycles. The Kier molecular flexibility index (Phi) is 6.26. The minimum Gasteiger partial charge on any atom is -0.384 e. The monoisotopic (exact) mass is 313 g/mol. The van der Waals surface area contributed by atoms with Gasteiger partial charge < -0.3 is 15.4 Å². The lowest BCUT2D eigenvalue weighted by molar-refractivity contribution is -0.122. The van der Waals surface area contributed by atoms with Gasteiger partial charge >= 0.3 is 0 Å². The summed E-state index contributed by atoms with van der Waals surface area (Å²) in [5, 5.41) is 5.64. The quantitative estimate of drug-likeness (QED) is 0.819. The number of anilines is 1. The van der Waals surface area contributed by atoms with Crippen molar-refractivity contribution < 1.29 is 14.3 Å². The van der Waals surface area contributed by atoms with Crippen LogP contribution in [-0.2, 0) is 16.1 Å². The van der Waals surface area contributed by atoms with Crippen LogP contribution >= 0.6 is 0 Å². The number of nitrogens with zero attached hydrogens (tertiary/aromatic N) is 1. The SMILES string of the molecule is COCCC(=O)NCc1ccccc1NC(=O)c1cccnc1. The number of para-hydroxylation sites is 1. The summed E-state index contributed by atoms with van der Waals surface area (Å²) in [5.41, 5.74) is 1.97. The fraction of sp³-hybridized carbons (Fsp3) is 0.235. The maximum atomic E-state index is 12.2. The summed E-state index contributed by atoms with van der Waals surface area (Å²) in [5.74, 6) is -0.337. The number of pyridine rings is 1. The van der Waals surface area contributed by atoms with Crippen LogP contribution < -0.4 is 10.6 Å². The highest BCUT2D eigenvalue weighted by molar-refractivity contribution is 6.04.